The number of rotatable bonds is 7. The minimum absolute atomic E-state index is 0.0681. The average molecular weight is 414 g/mol. The van der Waals surface area contributed by atoms with Gasteiger partial charge >= 0.3 is 0 Å². The summed E-state index contributed by atoms with van der Waals surface area (Å²) in [6, 6.07) is 5.70. The van der Waals surface area contributed by atoms with E-state index >= 15 is 0 Å². The van der Waals surface area contributed by atoms with E-state index in [2.05, 4.69) is 15.4 Å². The summed E-state index contributed by atoms with van der Waals surface area (Å²) in [5.41, 5.74) is 1.89. The SMILES string of the molecule is CCOc1ccc2nc(N3CC(C(=O)NCCc4cnn(C)c4)CC3=O)sc2c1. The second kappa shape index (κ2) is 8.20. The highest BCUT2D eigenvalue weighted by Gasteiger charge is 2.36. The van der Waals surface area contributed by atoms with Crippen LogP contribution in [0.2, 0.25) is 0 Å². The van der Waals surface area contributed by atoms with Crippen LogP contribution in [0, 0.1) is 5.92 Å². The molecular weight excluding hydrogens is 390 g/mol. The van der Waals surface area contributed by atoms with E-state index in [9.17, 15) is 9.59 Å². The molecule has 0 bridgehead atoms. The summed E-state index contributed by atoms with van der Waals surface area (Å²) in [4.78, 5) is 31.2. The molecule has 1 saturated heterocycles. The Morgan fingerprint density at radius 3 is 3.03 bits per heavy atom. The first-order chi connectivity index (χ1) is 14.0. The van der Waals surface area contributed by atoms with Crippen LogP contribution in [0.25, 0.3) is 10.2 Å². The molecule has 1 aromatic carbocycles. The van der Waals surface area contributed by atoms with Crippen LogP contribution in [0.3, 0.4) is 0 Å². The Morgan fingerprint density at radius 1 is 1.41 bits per heavy atom. The van der Waals surface area contributed by atoms with E-state index < -0.39 is 0 Å². The quantitative estimate of drug-likeness (QED) is 0.641. The standard InChI is InChI=1S/C20H23N5O3S/c1-3-28-15-4-5-16-17(9-15)29-20(23-16)25-12-14(8-18(25)26)19(27)21-7-6-13-10-22-24(2)11-13/h4-5,9-11,14H,3,6-8,12H2,1-2H3,(H,21,27). The number of nitrogens with zero attached hydrogens (tertiary/aromatic N) is 4. The lowest BCUT2D eigenvalue weighted by molar-refractivity contribution is -0.126. The highest BCUT2D eigenvalue weighted by atomic mass is 32.1. The molecule has 2 aromatic heterocycles. The minimum Gasteiger partial charge on any atom is -0.494 e. The highest BCUT2D eigenvalue weighted by molar-refractivity contribution is 7.22. The van der Waals surface area contributed by atoms with Gasteiger partial charge in [-0.1, -0.05) is 11.3 Å². The van der Waals surface area contributed by atoms with Gasteiger partial charge in [-0.3, -0.25) is 19.2 Å². The molecular formula is C20H23N5O3S. The molecule has 1 unspecified atom stereocenters. The summed E-state index contributed by atoms with van der Waals surface area (Å²) in [6.07, 6.45) is 4.64. The van der Waals surface area contributed by atoms with Gasteiger partial charge in [0.15, 0.2) is 5.13 Å². The summed E-state index contributed by atoms with van der Waals surface area (Å²) in [6.45, 7) is 3.42. The van der Waals surface area contributed by atoms with E-state index in [4.69, 9.17) is 4.74 Å². The topological polar surface area (TPSA) is 89.3 Å². The van der Waals surface area contributed by atoms with Crippen molar-refractivity contribution in [1.82, 2.24) is 20.1 Å². The van der Waals surface area contributed by atoms with Crippen LogP contribution in [0.5, 0.6) is 5.75 Å². The number of hydrogen-bond donors (Lipinski definition) is 1. The minimum atomic E-state index is -0.359. The van der Waals surface area contributed by atoms with E-state index in [1.54, 1.807) is 15.8 Å². The maximum Gasteiger partial charge on any atom is 0.229 e. The molecule has 8 nitrogen and oxygen atoms in total. The van der Waals surface area contributed by atoms with Crippen molar-refractivity contribution in [3.63, 3.8) is 0 Å². The summed E-state index contributed by atoms with van der Waals surface area (Å²) >= 11 is 1.44. The Labute approximate surface area is 172 Å². The molecule has 9 heteroatoms. The van der Waals surface area contributed by atoms with E-state index in [1.165, 1.54) is 11.3 Å². The van der Waals surface area contributed by atoms with Gasteiger partial charge in [0.25, 0.3) is 0 Å². The van der Waals surface area contributed by atoms with E-state index in [0.29, 0.717) is 31.2 Å². The lowest BCUT2D eigenvalue weighted by atomic mass is 10.1. The Kier molecular flexibility index (Phi) is 5.48. The first kappa shape index (κ1) is 19.4. The number of carbonyl (C=O) groups is 2. The molecule has 1 aliphatic rings. The first-order valence-corrected chi connectivity index (χ1v) is 10.4. The number of benzene rings is 1. The number of thiazole rings is 1. The fourth-order valence-corrected chi connectivity index (χ4v) is 4.43. The number of fused-ring (bicyclic) bond motifs is 1. The number of amides is 2. The second-order valence-corrected chi connectivity index (χ2v) is 8.04. The average Bonchev–Trinajstić information content (AvgIpc) is 3.39. The third-order valence-electron chi connectivity index (χ3n) is 4.86. The number of carbonyl (C=O) groups excluding carboxylic acids is 2. The number of aryl methyl sites for hydroxylation is 1. The molecule has 0 radical (unpaired) electrons. The molecule has 3 heterocycles. The zero-order valence-electron chi connectivity index (χ0n) is 16.4. The van der Waals surface area contributed by atoms with Gasteiger partial charge in [-0.25, -0.2) is 4.98 Å². The van der Waals surface area contributed by atoms with E-state index in [-0.39, 0.29) is 24.2 Å². The molecule has 0 saturated carbocycles. The monoisotopic (exact) mass is 413 g/mol. The Balaban J connectivity index is 1.38. The van der Waals surface area contributed by atoms with E-state index in [1.807, 2.05) is 38.4 Å². The predicted octanol–water partition coefficient (Wildman–Crippen LogP) is 2.14. The van der Waals surface area contributed by atoms with Gasteiger partial charge in [0.1, 0.15) is 5.75 Å². The molecule has 29 heavy (non-hydrogen) atoms. The third-order valence-corrected chi connectivity index (χ3v) is 5.90. The Hall–Kier alpha value is -2.94. The largest absolute Gasteiger partial charge is 0.494 e. The number of ether oxygens (including phenoxy) is 1. The lowest BCUT2D eigenvalue weighted by Crippen LogP contribution is -2.34. The van der Waals surface area contributed by atoms with E-state index in [0.717, 1.165) is 21.5 Å². The number of nitrogens with one attached hydrogen (secondary N) is 1. The molecule has 4 rings (SSSR count). The summed E-state index contributed by atoms with van der Waals surface area (Å²) in [7, 11) is 1.86. The molecule has 0 spiro atoms. The zero-order chi connectivity index (χ0) is 20.4. The smallest absolute Gasteiger partial charge is 0.229 e. The van der Waals surface area contributed by atoms with Crippen molar-refractivity contribution in [2.24, 2.45) is 13.0 Å². The van der Waals surface area contributed by atoms with Gasteiger partial charge in [-0.05, 0) is 37.1 Å². The fraction of sp³-hybridized carbons (Fsp3) is 0.400. The van der Waals surface area contributed by atoms with Crippen LogP contribution in [-0.4, -0.2) is 46.3 Å². The molecule has 1 fully saturated rings. The highest BCUT2D eigenvalue weighted by Crippen LogP contribution is 2.34. The van der Waals surface area contributed by atoms with Crippen LogP contribution >= 0.6 is 11.3 Å². The molecule has 1 N–H and O–H groups in total. The maximum atomic E-state index is 12.5. The van der Waals surface area contributed by atoms with Crippen molar-refractivity contribution in [3.8, 4) is 5.75 Å². The normalized spacial score (nSPS) is 16.6. The Morgan fingerprint density at radius 2 is 2.28 bits per heavy atom. The van der Waals surface area contributed by atoms with Crippen molar-refractivity contribution in [2.75, 3.05) is 24.6 Å². The zero-order valence-corrected chi connectivity index (χ0v) is 17.2. The summed E-state index contributed by atoms with van der Waals surface area (Å²) in [5, 5.41) is 7.68. The molecule has 1 aliphatic heterocycles. The lowest BCUT2D eigenvalue weighted by Gasteiger charge is -2.13. The predicted molar refractivity (Wildman–Crippen MR) is 111 cm³/mol. The second-order valence-electron chi connectivity index (χ2n) is 7.03. The van der Waals surface area contributed by atoms with Gasteiger partial charge in [0.05, 0.1) is 28.9 Å². The third kappa shape index (κ3) is 4.24. The van der Waals surface area contributed by atoms with Crippen LogP contribution in [0.4, 0.5) is 5.13 Å². The maximum absolute atomic E-state index is 12.5. The molecule has 152 valence electrons. The molecule has 1 atom stereocenters. The van der Waals surface area contributed by atoms with Crippen LogP contribution < -0.4 is 15.0 Å². The van der Waals surface area contributed by atoms with Crippen molar-refractivity contribution >= 4 is 38.5 Å². The Bertz CT molecular complexity index is 1040. The number of hydrogen-bond acceptors (Lipinski definition) is 6. The van der Waals surface area contributed by atoms with Crippen molar-refractivity contribution in [3.05, 3.63) is 36.2 Å². The molecule has 0 aliphatic carbocycles. The van der Waals surface area contributed by atoms with Crippen molar-refractivity contribution in [2.45, 2.75) is 19.8 Å². The molecule has 2 amide bonds. The summed E-state index contributed by atoms with van der Waals surface area (Å²) < 4.78 is 8.23. The van der Waals surface area contributed by atoms with Gasteiger partial charge < -0.3 is 10.1 Å². The van der Waals surface area contributed by atoms with Crippen LogP contribution in [0.1, 0.15) is 18.9 Å². The van der Waals surface area contributed by atoms with Gasteiger partial charge in [-0.15, -0.1) is 0 Å². The first-order valence-electron chi connectivity index (χ1n) is 9.62. The van der Waals surface area contributed by atoms with Crippen LogP contribution in [-0.2, 0) is 23.1 Å². The van der Waals surface area contributed by atoms with Crippen LogP contribution in [0.15, 0.2) is 30.6 Å². The van der Waals surface area contributed by atoms with Crippen molar-refractivity contribution in [1.29, 1.82) is 0 Å². The molecule has 3 aromatic rings. The van der Waals surface area contributed by atoms with Gasteiger partial charge in [0.2, 0.25) is 11.8 Å². The van der Waals surface area contributed by atoms with Crippen molar-refractivity contribution < 1.29 is 14.3 Å². The van der Waals surface area contributed by atoms with Gasteiger partial charge in [0, 0.05) is 32.8 Å². The number of anilines is 1. The number of aromatic nitrogens is 3. The van der Waals surface area contributed by atoms with Gasteiger partial charge in [-0.2, -0.15) is 5.10 Å². The fourth-order valence-electron chi connectivity index (χ4n) is 3.41. The summed E-state index contributed by atoms with van der Waals surface area (Å²) in [5.74, 6) is 0.266.